The third-order valence-electron chi connectivity index (χ3n) is 4.20. The average Bonchev–Trinajstić information content (AvgIpc) is 3.13. The number of anilines is 1. The van der Waals surface area contributed by atoms with Crippen LogP contribution < -0.4 is 15.0 Å². The van der Waals surface area contributed by atoms with Crippen LogP contribution in [0.15, 0.2) is 48.5 Å². The van der Waals surface area contributed by atoms with E-state index in [2.05, 4.69) is 5.32 Å². The van der Waals surface area contributed by atoms with Crippen LogP contribution in [0.1, 0.15) is 12.8 Å². The Morgan fingerprint density at radius 1 is 1.12 bits per heavy atom. The summed E-state index contributed by atoms with van der Waals surface area (Å²) in [6, 6.07) is 14.7. The van der Waals surface area contributed by atoms with Gasteiger partial charge in [0.15, 0.2) is 6.61 Å². The number of halogens is 2. The molecule has 0 aliphatic carbocycles. The molecule has 0 spiro atoms. The molecule has 2 aromatic rings. The van der Waals surface area contributed by atoms with Crippen LogP contribution in [0.5, 0.6) is 5.75 Å². The topological polar surface area (TPSA) is 41.6 Å². The molecule has 0 aromatic heterocycles. The Kier molecular flexibility index (Phi) is 6.19. The molecule has 3 rings (SSSR count). The van der Waals surface area contributed by atoms with Gasteiger partial charge in [-0.3, -0.25) is 4.79 Å². The number of amides is 1. The first-order chi connectivity index (χ1) is 12.1. The largest absolute Gasteiger partial charge is 0.482 e. The fourth-order valence-electron chi connectivity index (χ4n) is 2.92. The van der Waals surface area contributed by atoms with Crippen LogP contribution in [0, 0.1) is 0 Å². The second-order valence-electron chi connectivity index (χ2n) is 5.97. The predicted molar refractivity (Wildman–Crippen MR) is 102 cm³/mol. The minimum absolute atomic E-state index is 0.0956. The summed E-state index contributed by atoms with van der Waals surface area (Å²) in [4.78, 5) is 14.5. The average molecular weight is 379 g/mol. The van der Waals surface area contributed by atoms with E-state index in [-0.39, 0.29) is 18.6 Å². The number of carbonyl (C=O) groups is 1. The van der Waals surface area contributed by atoms with E-state index in [0.717, 1.165) is 19.4 Å². The van der Waals surface area contributed by atoms with Crippen molar-refractivity contribution >= 4 is 34.8 Å². The van der Waals surface area contributed by atoms with Crippen molar-refractivity contribution in [2.24, 2.45) is 0 Å². The van der Waals surface area contributed by atoms with Crippen molar-refractivity contribution < 1.29 is 9.53 Å². The Labute approximate surface area is 157 Å². The van der Waals surface area contributed by atoms with Crippen LogP contribution in [0.2, 0.25) is 10.0 Å². The molecule has 1 saturated heterocycles. The van der Waals surface area contributed by atoms with E-state index in [1.54, 1.807) is 23.1 Å². The van der Waals surface area contributed by atoms with E-state index in [9.17, 15) is 4.79 Å². The quantitative estimate of drug-likeness (QED) is 0.820. The molecule has 1 amide bonds. The molecule has 0 unspecified atom stereocenters. The number of hydrogen-bond donors (Lipinski definition) is 1. The van der Waals surface area contributed by atoms with Crippen LogP contribution >= 0.6 is 23.2 Å². The summed E-state index contributed by atoms with van der Waals surface area (Å²) in [7, 11) is 0. The molecule has 1 aliphatic rings. The third kappa shape index (κ3) is 4.66. The van der Waals surface area contributed by atoms with Crippen molar-refractivity contribution in [1.82, 2.24) is 5.32 Å². The van der Waals surface area contributed by atoms with Gasteiger partial charge in [0.2, 0.25) is 0 Å². The molecular formula is C19H20Cl2N2O2. The lowest BCUT2D eigenvalue weighted by Gasteiger charge is -2.27. The molecule has 1 aliphatic heterocycles. The molecule has 0 bridgehead atoms. The van der Waals surface area contributed by atoms with Gasteiger partial charge in [-0.2, -0.15) is 0 Å². The summed E-state index contributed by atoms with van der Waals surface area (Å²) in [5, 5.41) is 4.45. The minimum Gasteiger partial charge on any atom is -0.482 e. The van der Waals surface area contributed by atoms with Crippen molar-refractivity contribution in [1.29, 1.82) is 0 Å². The number of nitrogens with one attached hydrogen (secondary N) is 1. The fraction of sp³-hybridized carbons (Fsp3) is 0.316. The van der Waals surface area contributed by atoms with Gasteiger partial charge in [0.05, 0.1) is 15.7 Å². The Bertz CT molecular complexity index is 733. The summed E-state index contributed by atoms with van der Waals surface area (Å²) in [6.07, 6.45) is 2.16. The second kappa shape index (κ2) is 8.56. The molecule has 4 nitrogen and oxygen atoms in total. The number of carbonyl (C=O) groups excluding carboxylic acids is 1. The lowest BCUT2D eigenvalue weighted by atomic mass is 10.2. The van der Waals surface area contributed by atoms with Gasteiger partial charge in [-0.05, 0) is 43.7 Å². The highest BCUT2D eigenvalue weighted by Gasteiger charge is 2.24. The smallest absolute Gasteiger partial charge is 0.265 e. The van der Waals surface area contributed by atoms with Crippen LogP contribution in [0.3, 0.4) is 0 Å². The monoisotopic (exact) mass is 378 g/mol. The number of para-hydroxylation sites is 2. The zero-order chi connectivity index (χ0) is 17.6. The number of ether oxygens (including phenoxy) is 1. The second-order valence-corrected chi connectivity index (χ2v) is 6.78. The summed E-state index contributed by atoms with van der Waals surface area (Å²) in [5.41, 5.74) is 0.700. The van der Waals surface area contributed by atoms with Crippen molar-refractivity contribution in [3.8, 4) is 5.75 Å². The molecule has 1 N–H and O–H groups in total. The maximum Gasteiger partial charge on any atom is 0.265 e. The number of rotatable bonds is 6. The number of hydrogen-bond acceptors (Lipinski definition) is 3. The lowest BCUT2D eigenvalue weighted by molar-refractivity contribution is -0.120. The maximum absolute atomic E-state index is 12.8. The molecule has 0 radical (unpaired) electrons. The van der Waals surface area contributed by atoms with E-state index < -0.39 is 0 Å². The van der Waals surface area contributed by atoms with Gasteiger partial charge in [0, 0.05) is 12.6 Å². The highest BCUT2D eigenvalue weighted by atomic mass is 35.5. The van der Waals surface area contributed by atoms with Crippen LogP contribution in [0.4, 0.5) is 5.69 Å². The molecule has 6 heteroatoms. The van der Waals surface area contributed by atoms with Gasteiger partial charge in [-0.15, -0.1) is 0 Å². The van der Waals surface area contributed by atoms with Crippen molar-refractivity contribution in [2.45, 2.75) is 18.9 Å². The first-order valence-electron chi connectivity index (χ1n) is 8.31. The molecule has 25 heavy (non-hydrogen) atoms. The van der Waals surface area contributed by atoms with E-state index >= 15 is 0 Å². The normalized spacial score (nSPS) is 16.6. The number of benzene rings is 2. The molecule has 0 saturated carbocycles. The maximum atomic E-state index is 12.8. The zero-order valence-corrected chi connectivity index (χ0v) is 15.3. The minimum atomic E-state index is -0.151. The molecule has 2 aromatic carbocycles. The van der Waals surface area contributed by atoms with Gasteiger partial charge in [-0.1, -0.05) is 47.5 Å². The van der Waals surface area contributed by atoms with Gasteiger partial charge < -0.3 is 15.0 Å². The van der Waals surface area contributed by atoms with Gasteiger partial charge in [0.25, 0.3) is 5.91 Å². The third-order valence-corrected chi connectivity index (χ3v) is 4.83. The number of nitrogens with zero attached hydrogens (tertiary/aromatic N) is 1. The molecular weight excluding hydrogens is 359 g/mol. The summed E-state index contributed by atoms with van der Waals surface area (Å²) < 4.78 is 5.62. The summed E-state index contributed by atoms with van der Waals surface area (Å²) in [6.45, 7) is 1.45. The van der Waals surface area contributed by atoms with Crippen LogP contribution in [0.25, 0.3) is 0 Å². The van der Waals surface area contributed by atoms with E-state index in [0.29, 0.717) is 28.0 Å². The van der Waals surface area contributed by atoms with Gasteiger partial charge >= 0.3 is 0 Å². The van der Waals surface area contributed by atoms with Crippen molar-refractivity contribution in [3.05, 3.63) is 58.6 Å². The summed E-state index contributed by atoms with van der Waals surface area (Å²) in [5.74, 6) is 0.345. The Hall–Kier alpha value is -1.75. The highest BCUT2D eigenvalue weighted by Crippen LogP contribution is 2.27. The van der Waals surface area contributed by atoms with Gasteiger partial charge in [0.1, 0.15) is 5.75 Å². The van der Waals surface area contributed by atoms with Crippen molar-refractivity contribution in [3.63, 3.8) is 0 Å². The Morgan fingerprint density at radius 3 is 2.52 bits per heavy atom. The first-order valence-corrected chi connectivity index (χ1v) is 9.06. The molecule has 1 fully saturated rings. The zero-order valence-electron chi connectivity index (χ0n) is 13.8. The van der Waals surface area contributed by atoms with E-state index in [1.807, 2.05) is 30.3 Å². The Balaban J connectivity index is 1.74. The molecule has 1 atom stereocenters. The SMILES string of the molecule is O=C(COc1ccccc1Cl)N(C[C@H]1CCCN1)c1ccccc1Cl. The highest BCUT2D eigenvalue weighted by molar-refractivity contribution is 6.33. The standard InChI is InChI=1S/C19H20Cl2N2O2/c20-15-7-1-3-9-17(15)23(12-14-6-5-11-22-14)19(24)13-25-18-10-4-2-8-16(18)21/h1-4,7-10,14,22H,5-6,11-13H2/t14-/m1/s1. The van der Waals surface area contributed by atoms with Gasteiger partial charge in [-0.25, -0.2) is 0 Å². The molecule has 1 heterocycles. The van der Waals surface area contributed by atoms with Crippen LogP contribution in [-0.2, 0) is 4.79 Å². The predicted octanol–water partition coefficient (Wildman–Crippen LogP) is 4.16. The fourth-order valence-corrected chi connectivity index (χ4v) is 3.35. The molecule has 132 valence electrons. The van der Waals surface area contributed by atoms with E-state index in [4.69, 9.17) is 27.9 Å². The first kappa shape index (κ1) is 18.1. The summed E-state index contributed by atoms with van der Waals surface area (Å²) >= 11 is 12.4. The van der Waals surface area contributed by atoms with Crippen LogP contribution in [-0.4, -0.2) is 31.6 Å². The van der Waals surface area contributed by atoms with E-state index in [1.165, 1.54) is 0 Å². The lowest BCUT2D eigenvalue weighted by Crippen LogP contribution is -2.43. The Morgan fingerprint density at radius 2 is 1.84 bits per heavy atom. The van der Waals surface area contributed by atoms with Crippen molar-refractivity contribution in [2.75, 3.05) is 24.6 Å².